The van der Waals surface area contributed by atoms with Gasteiger partial charge in [0.25, 0.3) is 0 Å². The lowest BCUT2D eigenvalue weighted by Crippen LogP contribution is -2.33. The van der Waals surface area contributed by atoms with Crippen molar-refractivity contribution in [3.05, 3.63) is 34.9 Å². The molecule has 0 aromatic heterocycles. The summed E-state index contributed by atoms with van der Waals surface area (Å²) in [7, 11) is 0. The molecule has 1 aromatic carbocycles. The maximum atomic E-state index is 10.7. The Morgan fingerprint density at radius 3 is 2.75 bits per heavy atom. The predicted molar refractivity (Wildman–Crippen MR) is 83.4 cm³/mol. The van der Waals surface area contributed by atoms with E-state index in [4.69, 9.17) is 16.7 Å². The van der Waals surface area contributed by atoms with E-state index in [-0.39, 0.29) is 0 Å². The summed E-state index contributed by atoms with van der Waals surface area (Å²) < 4.78 is 0. The molecule has 0 aliphatic heterocycles. The van der Waals surface area contributed by atoms with E-state index >= 15 is 0 Å². The van der Waals surface area contributed by atoms with Crippen molar-refractivity contribution < 1.29 is 9.90 Å². The number of benzene rings is 1. The van der Waals surface area contributed by atoms with Crippen molar-refractivity contribution in [3.8, 4) is 0 Å². The summed E-state index contributed by atoms with van der Waals surface area (Å²) >= 11 is 6.25. The molecule has 1 aromatic rings. The van der Waals surface area contributed by atoms with Crippen molar-refractivity contribution in [1.29, 1.82) is 0 Å². The standard InChI is InChI=1S/C16H20ClNO2/c1-2-18(12-6-3-4-7-12)15-9-5-8-14(17)13(15)10-11-16(19)20/h5,8-12H,2-4,6-7H2,1H3,(H,19,20)/b11-10+. The van der Waals surface area contributed by atoms with Crippen LogP contribution in [-0.4, -0.2) is 23.7 Å². The second-order valence-corrected chi connectivity index (χ2v) is 5.48. The first kappa shape index (κ1) is 14.9. The summed E-state index contributed by atoms with van der Waals surface area (Å²) in [6.45, 7) is 3.03. The molecule has 1 aliphatic carbocycles. The molecule has 108 valence electrons. The van der Waals surface area contributed by atoms with Crippen LogP contribution in [-0.2, 0) is 4.79 Å². The van der Waals surface area contributed by atoms with Crippen LogP contribution in [0.1, 0.15) is 38.2 Å². The van der Waals surface area contributed by atoms with Crippen LogP contribution in [0, 0.1) is 0 Å². The highest BCUT2D eigenvalue weighted by Crippen LogP contribution is 2.34. The maximum Gasteiger partial charge on any atom is 0.328 e. The molecule has 0 spiro atoms. The summed E-state index contributed by atoms with van der Waals surface area (Å²) in [5.74, 6) is -0.959. The Labute approximate surface area is 124 Å². The van der Waals surface area contributed by atoms with Gasteiger partial charge in [-0.15, -0.1) is 0 Å². The highest BCUT2D eigenvalue weighted by Gasteiger charge is 2.23. The van der Waals surface area contributed by atoms with Gasteiger partial charge in [0, 0.05) is 34.9 Å². The monoisotopic (exact) mass is 293 g/mol. The second kappa shape index (κ2) is 6.80. The molecule has 4 heteroatoms. The fourth-order valence-electron chi connectivity index (χ4n) is 2.94. The Balaban J connectivity index is 2.38. The zero-order chi connectivity index (χ0) is 14.5. The minimum absolute atomic E-state index is 0.537. The Kier molecular flexibility index (Phi) is 5.07. The molecule has 0 unspecified atom stereocenters. The molecule has 0 bridgehead atoms. The molecule has 1 fully saturated rings. The fraction of sp³-hybridized carbons (Fsp3) is 0.438. The zero-order valence-corrected chi connectivity index (χ0v) is 12.4. The Morgan fingerprint density at radius 2 is 2.15 bits per heavy atom. The van der Waals surface area contributed by atoms with E-state index in [9.17, 15) is 4.79 Å². The molecular weight excluding hydrogens is 274 g/mol. The van der Waals surface area contributed by atoms with Crippen LogP contribution in [0.15, 0.2) is 24.3 Å². The van der Waals surface area contributed by atoms with E-state index in [1.54, 1.807) is 12.1 Å². The van der Waals surface area contributed by atoms with Gasteiger partial charge in [-0.2, -0.15) is 0 Å². The average molecular weight is 294 g/mol. The molecular formula is C16H20ClNO2. The number of hydrogen-bond acceptors (Lipinski definition) is 2. The van der Waals surface area contributed by atoms with Gasteiger partial charge in [-0.05, 0) is 38.0 Å². The Hall–Kier alpha value is -1.48. The normalized spacial score (nSPS) is 15.9. The van der Waals surface area contributed by atoms with Crippen molar-refractivity contribution in [2.75, 3.05) is 11.4 Å². The van der Waals surface area contributed by atoms with E-state index < -0.39 is 5.97 Å². The van der Waals surface area contributed by atoms with Crippen LogP contribution < -0.4 is 4.90 Å². The third kappa shape index (κ3) is 3.34. The van der Waals surface area contributed by atoms with Crippen LogP contribution in [0.2, 0.25) is 5.02 Å². The molecule has 1 aliphatic rings. The van der Waals surface area contributed by atoms with Gasteiger partial charge in [-0.25, -0.2) is 4.79 Å². The molecule has 20 heavy (non-hydrogen) atoms. The molecule has 1 N–H and O–H groups in total. The smallest absolute Gasteiger partial charge is 0.328 e. The lowest BCUT2D eigenvalue weighted by Gasteiger charge is -2.31. The van der Waals surface area contributed by atoms with Crippen molar-refractivity contribution in [2.45, 2.75) is 38.6 Å². The first-order valence-corrected chi connectivity index (χ1v) is 7.47. The summed E-state index contributed by atoms with van der Waals surface area (Å²) in [5.41, 5.74) is 1.83. The van der Waals surface area contributed by atoms with E-state index in [1.807, 2.05) is 12.1 Å². The van der Waals surface area contributed by atoms with Crippen molar-refractivity contribution in [2.24, 2.45) is 0 Å². The lowest BCUT2D eigenvalue weighted by molar-refractivity contribution is -0.131. The van der Waals surface area contributed by atoms with E-state index in [2.05, 4.69) is 11.8 Å². The molecule has 0 atom stereocenters. The van der Waals surface area contributed by atoms with Gasteiger partial charge in [0.1, 0.15) is 0 Å². The molecule has 0 radical (unpaired) electrons. The number of carboxylic acid groups (broad SMARTS) is 1. The Morgan fingerprint density at radius 1 is 1.45 bits per heavy atom. The number of anilines is 1. The van der Waals surface area contributed by atoms with Gasteiger partial charge in [-0.1, -0.05) is 30.5 Å². The van der Waals surface area contributed by atoms with E-state index in [0.29, 0.717) is 11.1 Å². The van der Waals surface area contributed by atoms with Gasteiger partial charge in [0.05, 0.1) is 0 Å². The number of carbonyl (C=O) groups is 1. The molecule has 0 heterocycles. The predicted octanol–water partition coefficient (Wildman–Crippen LogP) is 4.21. The number of rotatable bonds is 5. The van der Waals surface area contributed by atoms with Gasteiger partial charge in [-0.3, -0.25) is 0 Å². The van der Waals surface area contributed by atoms with Crippen LogP contribution in [0.25, 0.3) is 6.08 Å². The summed E-state index contributed by atoms with van der Waals surface area (Å²) in [4.78, 5) is 13.1. The quantitative estimate of drug-likeness (QED) is 0.827. The third-order valence-corrected chi connectivity index (χ3v) is 4.17. The summed E-state index contributed by atoms with van der Waals surface area (Å²) in [5, 5.41) is 9.41. The van der Waals surface area contributed by atoms with Crippen molar-refractivity contribution in [1.82, 2.24) is 0 Å². The first-order valence-electron chi connectivity index (χ1n) is 7.09. The highest BCUT2D eigenvalue weighted by molar-refractivity contribution is 6.32. The largest absolute Gasteiger partial charge is 0.478 e. The second-order valence-electron chi connectivity index (χ2n) is 5.07. The molecule has 0 amide bonds. The third-order valence-electron chi connectivity index (χ3n) is 3.84. The molecule has 2 rings (SSSR count). The van der Waals surface area contributed by atoms with Crippen LogP contribution in [0.3, 0.4) is 0 Å². The van der Waals surface area contributed by atoms with Gasteiger partial charge in [0.2, 0.25) is 0 Å². The summed E-state index contributed by atoms with van der Waals surface area (Å²) in [6.07, 6.45) is 7.67. The lowest BCUT2D eigenvalue weighted by atomic mass is 10.1. The first-order chi connectivity index (χ1) is 9.63. The number of halogens is 1. The van der Waals surface area contributed by atoms with Gasteiger partial charge >= 0.3 is 5.97 Å². The minimum atomic E-state index is -0.959. The maximum absolute atomic E-state index is 10.7. The van der Waals surface area contributed by atoms with E-state index in [0.717, 1.165) is 23.9 Å². The van der Waals surface area contributed by atoms with Crippen molar-refractivity contribution >= 4 is 29.3 Å². The minimum Gasteiger partial charge on any atom is -0.478 e. The SMILES string of the molecule is CCN(c1cccc(Cl)c1/C=C/C(=O)O)C1CCCC1. The molecule has 0 saturated heterocycles. The topological polar surface area (TPSA) is 40.5 Å². The molecule has 1 saturated carbocycles. The average Bonchev–Trinajstić information content (AvgIpc) is 2.92. The summed E-state index contributed by atoms with van der Waals surface area (Å²) in [6, 6.07) is 6.29. The zero-order valence-electron chi connectivity index (χ0n) is 11.7. The number of aliphatic carboxylic acids is 1. The molecule has 3 nitrogen and oxygen atoms in total. The van der Waals surface area contributed by atoms with Crippen LogP contribution in [0.5, 0.6) is 0 Å². The number of nitrogens with zero attached hydrogens (tertiary/aromatic N) is 1. The van der Waals surface area contributed by atoms with E-state index in [1.165, 1.54) is 25.7 Å². The Bertz CT molecular complexity index is 507. The number of hydrogen-bond donors (Lipinski definition) is 1. The van der Waals surface area contributed by atoms with Gasteiger partial charge in [0.15, 0.2) is 0 Å². The van der Waals surface area contributed by atoms with Crippen LogP contribution >= 0.6 is 11.6 Å². The van der Waals surface area contributed by atoms with Crippen LogP contribution in [0.4, 0.5) is 5.69 Å². The fourth-order valence-corrected chi connectivity index (χ4v) is 3.17. The van der Waals surface area contributed by atoms with Gasteiger partial charge < -0.3 is 10.0 Å². The highest BCUT2D eigenvalue weighted by atomic mass is 35.5. The van der Waals surface area contributed by atoms with Crippen molar-refractivity contribution in [3.63, 3.8) is 0 Å². The number of carboxylic acids is 1.